The standard InChI is InChI=1S/C15H18N2O3S/c1-7(6-11(18)19)5-10-16-14(20)13-12(9-3-4-9)8(2)21-15(13)17-10/h7,9H,3-6H2,1-2H3,(H,18,19)(H,16,17,20). The summed E-state index contributed by atoms with van der Waals surface area (Å²) in [5, 5.41) is 9.55. The zero-order valence-electron chi connectivity index (χ0n) is 12.1. The fourth-order valence-corrected chi connectivity index (χ4v) is 3.97. The Labute approximate surface area is 126 Å². The zero-order chi connectivity index (χ0) is 15.1. The highest BCUT2D eigenvalue weighted by Gasteiger charge is 2.30. The maximum absolute atomic E-state index is 12.4. The van der Waals surface area contributed by atoms with Gasteiger partial charge in [0.2, 0.25) is 0 Å². The second-order valence-corrected chi connectivity index (χ2v) is 7.15. The lowest BCUT2D eigenvalue weighted by atomic mass is 10.0. The number of H-pyrrole nitrogens is 1. The van der Waals surface area contributed by atoms with Gasteiger partial charge < -0.3 is 10.1 Å². The molecule has 0 radical (unpaired) electrons. The van der Waals surface area contributed by atoms with Crippen LogP contribution in [0, 0.1) is 12.8 Å². The SMILES string of the molecule is Cc1sc2nc(CC(C)CC(=O)O)[nH]c(=O)c2c1C1CC1. The molecule has 112 valence electrons. The van der Waals surface area contributed by atoms with Gasteiger partial charge in [0.1, 0.15) is 10.7 Å². The van der Waals surface area contributed by atoms with Gasteiger partial charge in [0.25, 0.3) is 5.56 Å². The molecule has 6 heteroatoms. The van der Waals surface area contributed by atoms with Crippen LogP contribution in [0.5, 0.6) is 0 Å². The average molecular weight is 306 g/mol. The molecule has 0 bridgehead atoms. The molecule has 0 aliphatic heterocycles. The van der Waals surface area contributed by atoms with Crippen molar-refractivity contribution in [1.29, 1.82) is 0 Å². The highest BCUT2D eigenvalue weighted by atomic mass is 32.1. The molecule has 1 aliphatic carbocycles. The van der Waals surface area contributed by atoms with E-state index < -0.39 is 5.97 Å². The predicted molar refractivity (Wildman–Crippen MR) is 82.1 cm³/mol. The first kappa shape index (κ1) is 14.3. The van der Waals surface area contributed by atoms with Gasteiger partial charge >= 0.3 is 5.97 Å². The van der Waals surface area contributed by atoms with Crippen molar-refractivity contribution in [2.75, 3.05) is 0 Å². The van der Waals surface area contributed by atoms with E-state index in [0.29, 0.717) is 18.2 Å². The topological polar surface area (TPSA) is 83.0 Å². The Kier molecular flexibility index (Phi) is 3.57. The van der Waals surface area contributed by atoms with Crippen LogP contribution in [0.15, 0.2) is 4.79 Å². The Morgan fingerprint density at radius 1 is 1.52 bits per heavy atom. The summed E-state index contributed by atoms with van der Waals surface area (Å²) in [6, 6.07) is 0. The fourth-order valence-electron chi connectivity index (χ4n) is 2.85. The zero-order valence-corrected chi connectivity index (χ0v) is 12.9. The van der Waals surface area contributed by atoms with Crippen LogP contribution in [0.3, 0.4) is 0 Å². The molecule has 1 fully saturated rings. The third kappa shape index (κ3) is 2.85. The maximum Gasteiger partial charge on any atom is 0.303 e. The van der Waals surface area contributed by atoms with Gasteiger partial charge in [-0.2, -0.15) is 0 Å². The number of nitrogens with zero attached hydrogens (tertiary/aromatic N) is 1. The summed E-state index contributed by atoms with van der Waals surface area (Å²) < 4.78 is 0. The van der Waals surface area contributed by atoms with Crippen molar-refractivity contribution in [3.8, 4) is 0 Å². The lowest BCUT2D eigenvalue weighted by molar-refractivity contribution is -0.137. The van der Waals surface area contributed by atoms with E-state index in [4.69, 9.17) is 5.11 Å². The highest BCUT2D eigenvalue weighted by Crippen LogP contribution is 2.46. The van der Waals surface area contributed by atoms with E-state index in [1.165, 1.54) is 10.4 Å². The summed E-state index contributed by atoms with van der Waals surface area (Å²) in [5.74, 6) is 0.240. The molecular formula is C15H18N2O3S. The number of carboxylic acid groups (broad SMARTS) is 1. The molecule has 3 rings (SSSR count). The first-order chi connectivity index (χ1) is 9.95. The van der Waals surface area contributed by atoms with Crippen molar-refractivity contribution in [3.63, 3.8) is 0 Å². The number of nitrogens with one attached hydrogen (secondary N) is 1. The van der Waals surface area contributed by atoms with Crippen molar-refractivity contribution in [1.82, 2.24) is 9.97 Å². The molecule has 2 aromatic heterocycles. The Hall–Kier alpha value is -1.69. The molecule has 21 heavy (non-hydrogen) atoms. The highest BCUT2D eigenvalue weighted by molar-refractivity contribution is 7.18. The molecule has 0 spiro atoms. The van der Waals surface area contributed by atoms with Crippen LogP contribution in [-0.2, 0) is 11.2 Å². The quantitative estimate of drug-likeness (QED) is 0.889. The molecule has 5 nitrogen and oxygen atoms in total. The molecule has 1 unspecified atom stereocenters. The lowest BCUT2D eigenvalue weighted by Gasteiger charge is -2.07. The lowest BCUT2D eigenvalue weighted by Crippen LogP contribution is -2.15. The maximum atomic E-state index is 12.4. The summed E-state index contributed by atoms with van der Waals surface area (Å²) in [7, 11) is 0. The van der Waals surface area contributed by atoms with Gasteiger partial charge in [-0.05, 0) is 37.2 Å². The van der Waals surface area contributed by atoms with Crippen molar-refractivity contribution in [2.24, 2.45) is 5.92 Å². The second-order valence-electron chi connectivity index (χ2n) is 5.95. The number of carbonyl (C=O) groups is 1. The van der Waals surface area contributed by atoms with E-state index in [1.54, 1.807) is 11.3 Å². The van der Waals surface area contributed by atoms with E-state index in [9.17, 15) is 9.59 Å². The predicted octanol–water partition coefficient (Wildman–Crippen LogP) is 2.82. The molecule has 0 saturated heterocycles. The summed E-state index contributed by atoms with van der Waals surface area (Å²) in [4.78, 5) is 32.4. The van der Waals surface area contributed by atoms with Crippen LogP contribution in [0.2, 0.25) is 0 Å². The van der Waals surface area contributed by atoms with E-state index in [1.807, 2.05) is 13.8 Å². The normalized spacial score (nSPS) is 16.3. The van der Waals surface area contributed by atoms with Crippen molar-refractivity contribution in [3.05, 3.63) is 26.6 Å². The van der Waals surface area contributed by atoms with Crippen LogP contribution < -0.4 is 5.56 Å². The van der Waals surface area contributed by atoms with Gasteiger partial charge in [-0.1, -0.05) is 6.92 Å². The third-order valence-corrected chi connectivity index (χ3v) is 4.90. The molecular weight excluding hydrogens is 288 g/mol. The second kappa shape index (κ2) is 5.26. The smallest absolute Gasteiger partial charge is 0.303 e. The van der Waals surface area contributed by atoms with Crippen LogP contribution in [0.1, 0.15) is 48.4 Å². The molecule has 1 atom stereocenters. The summed E-state index contributed by atoms with van der Waals surface area (Å²) >= 11 is 1.57. The molecule has 2 heterocycles. The number of carboxylic acids is 1. The van der Waals surface area contributed by atoms with Gasteiger partial charge in [-0.15, -0.1) is 11.3 Å². The van der Waals surface area contributed by atoms with E-state index in [2.05, 4.69) is 9.97 Å². The van der Waals surface area contributed by atoms with Crippen molar-refractivity contribution < 1.29 is 9.90 Å². The van der Waals surface area contributed by atoms with Gasteiger partial charge in [-0.3, -0.25) is 9.59 Å². The molecule has 0 aromatic carbocycles. The number of fused-ring (bicyclic) bond motifs is 1. The Morgan fingerprint density at radius 3 is 2.86 bits per heavy atom. The molecule has 2 aromatic rings. The summed E-state index contributed by atoms with van der Waals surface area (Å²) in [5.41, 5.74) is 1.10. The fraction of sp³-hybridized carbons (Fsp3) is 0.533. The summed E-state index contributed by atoms with van der Waals surface area (Å²) in [6.45, 7) is 3.90. The van der Waals surface area contributed by atoms with Gasteiger partial charge in [0, 0.05) is 17.7 Å². The minimum absolute atomic E-state index is 0.0490. The Balaban J connectivity index is 1.96. The third-order valence-electron chi connectivity index (χ3n) is 3.88. The first-order valence-electron chi connectivity index (χ1n) is 7.19. The van der Waals surface area contributed by atoms with Gasteiger partial charge in [0.05, 0.1) is 5.39 Å². The minimum atomic E-state index is -0.825. The first-order valence-corrected chi connectivity index (χ1v) is 8.01. The number of rotatable bonds is 5. The van der Waals surface area contributed by atoms with E-state index in [0.717, 1.165) is 23.1 Å². The van der Waals surface area contributed by atoms with Crippen molar-refractivity contribution in [2.45, 2.75) is 45.4 Å². The van der Waals surface area contributed by atoms with Crippen LogP contribution in [-0.4, -0.2) is 21.0 Å². The van der Waals surface area contributed by atoms with Crippen molar-refractivity contribution >= 4 is 27.5 Å². The van der Waals surface area contributed by atoms with Crippen LogP contribution >= 0.6 is 11.3 Å². The number of thiophene rings is 1. The number of hydrogen-bond acceptors (Lipinski definition) is 4. The number of aromatic nitrogens is 2. The van der Waals surface area contributed by atoms with Gasteiger partial charge in [-0.25, -0.2) is 4.98 Å². The Morgan fingerprint density at radius 2 is 2.24 bits per heavy atom. The van der Waals surface area contributed by atoms with Crippen LogP contribution in [0.25, 0.3) is 10.2 Å². The summed E-state index contributed by atoms with van der Waals surface area (Å²) in [6.07, 6.45) is 2.87. The molecule has 1 saturated carbocycles. The Bertz CT molecular complexity index is 758. The molecule has 0 amide bonds. The minimum Gasteiger partial charge on any atom is -0.481 e. The number of aryl methyl sites for hydroxylation is 1. The van der Waals surface area contributed by atoms with Gasteiger partial charge in [0.15, 0.2) is 0 Å². The largest absolute Gasteiger partial charge is 0.481 e. The number of aromatic amines is 1. The van der Waals surface area contributed by atoms with E-state index >= 15 is 0 Å². The number of aliphatic carboxylic acids is 1. The average Bonchev–Trinajstić information content (AvgIpc) is 3.11. The molecule has 1 aliphatic rings. The van der Waals surface area contributed by atoms with E-state index in [-0.39, 0.29) is 17.9 Å². The number of hydrogen-bond donors (Lipinski definition) is 2. The van der Waals surface area contributed by atoms with Crippen LogP contribution in [0.4, 0.5) is 0 Å². The monoisotopic (exact) mass is 306 g/mol. The molecule has 2 N–H and O–H groups in total.